The Labute approximate surface area is 351 Å². The molecule has 0 aliphatic carbocycles. The monoisotopic (exact) mass is 767 g/mol. The van der Waals surface area contributed by atoms with E-state index in [1.807, 2.05) is 12.1 Å². The van der Waals surface area contributed by atoms with Gasteiger partial charge in [0.05, 0.1) is 22.3 Å². The Balaban J connectivity index is 1.39. The summed E-state index contributed by atoms with van der Waals surface area (Å²) in [6.45, 7) is 4.26. The van der Waals surface area contributed by atoms with Crippen molar-refractivity contribution < 1.29 is 0 Å². The summed E-state index contributed by atoms with van der Waals surface area (Å²) < 4.78 is 2.46. The molecule has 9 aromatic carbocycles. The van der Waals surface area contributed by atoms with Crippen LogP contribution in [0.2, 0.25) is 0 Å². The minimum Gasteiger partial charge on any atom is -0.310 e. The second kappa shape index (κ2) is 15.4. The van der Waals surface area contributed by atoms with Crippen molar-refractivity contribution in [3.8, 4) is 56.3 Å². The zero-order chi connectivity index (χ0) is 40.6. The second-order valence-corrected chi connectivity index (χ2v) is 15.4. The fourth-order valence-electron chi connectivity index (χ4n) is 8.81. The SMILES string of the molecule is Cc1ccc(N(c2ccc(C)cc2)c2ccc3c(c2)c2ccccc2n3-c2c(-c3ccccc3)c(-c3ccccc3)c(C#N)c(-c3ccccc3)c2-c2ccccc2)cc1. The van der Waals surface area contributed by atoms with Gasteiger partial charge in [0, 0.05) is 50.1 Å². The van der Waals surface area contributed by atoms with Crippen LogP contribution in [-0.4, -0.2) is 4.57 Å². The Morgan fingerprint density at radius 2 is 0.767 bits per heavy atom. The quantitative estimate of drug-likeness (QED) is 0.154. The van der Waals surface area contributed by atoms with Crippen molar-refractivity contribution >= 4 is 38.9 Å². The van der Waals surface area contributed by atoms with E-state index < -0.39 is 0 Å². The van der Waals surface area contributed by atoms with Crippen molar-refractivity contribution in [2.45, 2.75) is 13.8 Å². The fraction of sp³-hybridized carbons (Fsp3) is 0.0351. The van der Waals surface area contributed by atoms with Crippen LogP contribution in [-0.2, 0) is 0 Å². The molecule has 0 N–H and O–H groups in total. The van der Waals surface area contributed by atoms with Gasteiger partial charge in [0.25, 0.3) is 0 Å². The van der Waals surface area contributed by atoms with Gasteiger partial charge in [0.15, 0.2) is 0 Å². The first-order valence-corrected chi connectivity index (χ1v) is 20.4. The van der Waals surface area contributed by atoms with Crippen LogP contribution in [0, 0.1) is 25.2 Å². The molecule has 0 fully saturated rings. The molecule has 1 aromatic heterocycles. The maximum atomic E-state index is 11.5. The smallest absolute Gasteiger partial charge is 0.100 e. The maximum absolute atomic E-state index is 11.5. The molecular weight excluding hydrogens is 727 g/mol. The van der Waals surface area contributed by atoms with Gasteiger partial charge in [-0.3, -0.25) is 0 Å². The standard InChI is InChI=1S/C57H41N3/c1-39-27-31-45(32-28-39)59(46-33-29-40(2)30-34-46)47-35-36-52-49(37-47)48-25-15-16-26-51(48)60(52)57-55(43-21-11-5-12-22-43)53(41-17-7-3-8-18-41)50(38-58)54(42-19-9-4-10-20-42)56(57)44-23-13-6-14-24-44/h3-37H,1-2H3. The summed E-state index contributed by atoms with van der Waals surface area (Å²) in [5.41, 5.74) is 17.4. The zero-order valence-corrected chi connectivity index (χ0v) is 33.5. The predicted molar refractivity (Wildman–Crippen MR) is 251 cm³/mol. The van der Waals surface area contributed by atoms with Gasteiger partial charge in [-0.15, -0.1) is 0 Å². The fourth-order valence-corrected chi connectivity index (χ4v) is 8.81. The molecule has 10 aromatic rings. The van der Waals surface area contributed by atoms with Crippen molar-refractivity contribution in [2.75, 3.05) is 4.90 Å². The Bertz CT molecular complexity index is 3030. The molecule has 0 unspecified atom stereocenters. The molecule has 1 heterocycles. The number of benzene rings is 9. The molecule has 10 rings (SSSR count). The average Bonchev–Trinajstić information content (AvgIpc) is 3.64. The Kier molecular flexibility index (Phi) is 9.37. The molecule has 0 saturated carbocycles. The third kappa shape index (κ3) is 6.32. The molecule has 0 aliphatic rings. The van der Waals surface area contributed by atoms with Crippen molar-refractivity contribution in [3.63, 3.8) is 0 Å². The van der Waals surface area contributed by atoms with E-state index in [0.29, 0.717) is 5.56 Å². The number of fused-ring (bicyclic) bond motifs is 3. The molecule has 0 atom stereocenters. The summed E-state index contributed by atoms with van der Waals surface area (Å²) in [5, 5.41) is 13.8. The molecule has 0 spiro atoms. The lowest BCUT2D eigenvalue weighted by molar-refractivity contribution is 1.18. The number of anilines is 3. The zero-order valence-electron chi connectivity index (χ0n) is 33.5. The summed E-state index contributed by atoms with van der Waals surface area (Å²) in [5.74, 6) is 0. The highest BCUT2D eigenvalue weighted by Crippen LogP contribution is 2.52. The van der Waals surface area contributed by atoms with E-state index in [-0.39, 0.29) is 0 Å². The van der Waals surface area contributed by atoms with Crippen LogP contribution in [0.1, 0.15) is 16.7 Å². The lowest BCUT2D eigenvalue weighted by atomic mass is 9.79. The van der Waals surface area contributed by atoms with Crippen molar-refractivity contribution in [1.82, 2.24) is 4.57 Å². The molecule has 3 heteroatoms. The van der Waals surface area contributed by atoms with E-state index >= 15 is 0 Å². The van der Waals surface area contributed by atoms with Gasteiger partial charge in [-0.05, 0) is 84.6 Å². The number of rotatable bonds is 8. The minimum absolute atomic E-state index is 0.642. The van der Waals surface area contributed by atoms with Crippen molar-refractivity contribution in [3.05, 3.63) is 229 Å². The molecule has 3 nitrogen and oxygen atoms in total. The summed E-state index contributed by atoms with van der Waals surface area (Å²) in [7, 11) is 0. The average molecular weight is 768 g/mol. The number of aryl methyl sites for hydroxylation is 2. The topological polar surface area (TPSA) is 32.0 Å². The highest BCUT2D eigenvalue weighted by molar-refractivity contribution is 6.14. The third-order valence-corrected chi connectivity index (χ3v) is 11.6. The number of aromatic nitrogens is 1. The van der Waals surface area contributed by atoms with Crippen LogP contribution in [0.25, 0.3) is 72.0 Å². The molecule has 0 bridgehead atoms. The van der Waals surface area contributed by atoms with Crippen LogP contribution < -0.4 is 4.90 Å². The number of para-hydroxylation sites is 1. The van der Waals surface area contributed by atoms with Gasteiger partial charge in [0.2, 0.25) is 0 Å². The summed E-state index contributed by atoms with van der Waals surface area (Å²) in [6, 6.07) is 78.0. The molecular formula is C57H41N3. The Morgan fingerprint density at radius 3 is 1.22 bits per heavy atom. The number of hydrogen-bond donors (Lipinski definition) is 0. The minimum atomic E-state index is 0.642. The Hall–Kier alpha value is -7.93. The second-order valence-electron chi connectivity index (χ2n) is 15.4. The first-order chi connectivity index (χ1) is 29.6. The van der Waals surface area contributed by atoms with E-state index in [2.05, 4.69) is 230 Å². The lowest BCUT2D eigenvalue weighted by Crippen LogP contribution is -2.10. The first-order valence-electron chi connectivity index (χ1n) is 20.4. The molecule has 0 saturated heterocycles. The molecule has 284 valence electrons. The van der Waals surface area contributed by atoms with Crippen LogP contribution >= 0.6 is 0 Å². The van der Waals surface area contributed by atoms with Gasteiger partial charge >= 0.3 is 0 Å². The van der Waals surface area contributed by atoms with E-state index in [9.17, 15) is 5.26 Å². The molecule has 0 radical (unpaired) electrons. The van der Waals surface area contributed by atoms with Crippen LogP contribution in [0.15, 0.2) is 212 Å². The Morgan fingerprint density at radius 1 is 0.383 bits per heavy atom. The highest BCUT2D eigenvalue weighted by Gasteiger charge is 2.30. The highest BCUT2D eigenvalue weighted by atomic mass is 15.1. The van der Waals surface area contributed by atoms with Gasteiger partial charge in [-0.2, -0.15) is 5.26 Å². The molecule has 0 aliphatic heterocycles. The molecule has 0 amide bonds. The first kappa shape index (κ1) is 36.4. The van der Waals surface area contributed by atoms with Crippen LogP contribution in [0.5, 0.6) is 0 Å². The van der Waals surface area contributed by atoms with E-state index in [1.54, 1.807) is 0 Å². The normalized spacial score (nSPS) is 11.2. The van der Waals surface area contributed by atoms with Crippen molar-refractivity contribution in [1.29, 1.82) is 5.26 Å². The van der Waals surface area contributed by atoms with Gasteiger partial charge < -0.3 is 9.47 Å². The predicted octanol–water partition coefficient (Wildman–Crippen LogP) is 15.4. The lowest BCUT2D eigenvalue weighted by Gasteiger charge is -2.27. The summed E-state index contributed by atoms with van der Waals surface area (Å²) >= 11 is 0. The number of hydrogen-bond acceptors (Lipinski definition) is 2. The van der Waals surface area contributed by atoms with Crippen LogP contribution in [0.3, 0.4) is 0 Å². The van der Waals surface area contributed by atoms with Gasteiger partial charge in [-0.1, -0.05) is 175 Å². The third-order valence-electron chi connectivity index (χ3n) is 11.6. The van der Waals surface area contributed by atoms with Crippen LogP contribution in [0.4, 0.5) is 17.1 Å². The van der Waals surface area contributed by atoms with E-state index in [1.165, 1.54) is 11.1 Å². The van der Waals surface area contributed by atoms with E-state index in [0.717, 1.165) is 89.1 Å². The number of nitriles is 1. The van der Waals surface area contributed by atoms with Crippen molar-refractivity contribution in [2.24, 2.45) is 0 Å². The summed E-state index contributed by atoms with van der Waals surface area (Å²) in [4.78, 5) is 2.35. The van der Waals surface area contributed by atoms with Gasteiger partial charge in [-0.25, -0.2) is 0 Å². The largest absolute Gasteiger partial charge is 0.310 e. The molecule has 60 heavy (non-hydrogen) atoms. The summed E-state index contributed by atoms with van der Waals surface area (Å²) in [6.07, 6.45) is 0. The van der Waals surface area contributed by atoms with Gasteiger partial charge in [0.1, 0.15) is 6.07 Å². The van der Waals surface area contributed by atoms with E-state index in [4.69, 9.17) is 0 Å². The number of nitrogens with zero attached hydrogens (tertiary/aromatic N) is 3. The maximum Gasteiger partial charge on any atom is 0.100 e.